The third kappa shape index (κ3) is 1.58. The highest BCUT2D eigenvalue weighted by molar-refractivity contribution is 9.10. The van der Waals surface area contributed by atoms with Crippen molar-refractivity contribution in [2.45, 2.75) is 0 Å². The quantitative estimate of drug-likeness (QED) is 0.791. The maximum atomic E-state index is 10.4. The van der Waals surface area contributed by atoms with Crippen molar-refractivity contribution >= 4 is 22.2 Å². The molecular formula is C8H7BrO3. The molecule has 0 atom stereocenters. The molecule has 1 rings (SSSR count). The first kappa shape index (κ1) is 9.06. The zero-order chi connectivity index (χ0) is 9.14. The summed E-state index contributed by atoms with van der Waals surface area (Å²) >= 11 is 3.12. The lowest BCUT2D eigenvalue weighted by Gasteiger charge is -2.04. The summed E-state index contributed by atoms with van der Waals surface area (Å²) in [5, 5.41) is 9.24. The summed E-state index contributed by atoms with van der Waals surface area (Å²) < 4.78 is 5.36. The smallest absolute Gasteiger partial charge is 0.161 e. The van der Waals surface area contributed by atoms with E-state index < -0.39 is 0 Å². The second-order valence-electron chi connectivity index (χ2n) is 2.16. The van der Waals surface area contributed by atoms with Gasteiger partial charge in [0, 0.05) is 10.0 Å². The Hall–Kier alpha value is -1.03. The van der Waals surface area contributed by atoms with Crippen molar-refractivity contribution in [3.05, 3.63) is 22.2 Å². The number of rotatable bonds is 2. The molecule has 0 aliphatic carbocycles. The number of phenolic OH excluding ortho intramolecular Hbond substituents is 1. The van der Waals surface area contributed by atoms with Crippen molar-refractivity contribution in [1.82, 2.24) is 0 Å². The second kappa shape index (κ2) is 3.58. The summed E-state index contributed by atoms with van der Waals surface area (Å²) in [6, 6.07) is 2.88. The van der Waals surface area contributed by atoms with E-state index in [1.165, 1.54) is 19.2 Å². The van der Waals surface area contributed by atoms with Gasteiger partial charge in [0.25, 0.3) is 0 Å². The molecule has 0 fully saturated rings. The van der Waals surface area contributed by atoms with E-state index in [1.54, 1.807) is 0 Å². The Labute approximate surface area is 78.1 Å². The lowest BCUT2D eigenvalue weighted by molar-refractivity contribution is 0.112. The Balaban J connectivity index is 3.26. The third-order valence-electron chi connectivity index (χ3n) is 1.43. The van der Waals surface area contributed by atoms with E-state index in [-0.39, 0.29) is 5.75 Å². The average molecular weight is 231 g/mol. The minimum absolute atomic E-state index is 0.00924. The minimum atomic E-state index is 0.00924. The largest absolute Gasteiger partial charge is 0.504 e. The summed E-state index contributed by atoms with van der Waals surface area (Å²) in [6.45, 7) is 0. The van der Waals surface area contributed by atoms with Gasteiger partial charge in [0.1, 0.15) is 0 Å². The van der Waals surface area contributed by atoms with Gasteiger partial charge in [-0.15, -0.1) is 0 Å². The van der Waals surface area contributed by atoms with Crippen molar-refractivity contribution in [3.63, 3.8) is 0 Å². The van der Waals surface area contributed by atoms with Gasteiger partial charge in [0.05, 0.1) is 7.11 Å². The molecule has 0 spiro atoms. The number of carbonyl (C=O) groups excluding carboxylic acids is 1. The number of ether oxygens (including phenoxy) is 1. The topological polar surface area (TPSA) is 46.5 Å². The second-order valence-corrected chi connectivity index (χ2v) is 3.02. The van der Waals surface area contributed by atoms with Crippen LogP contribution in [-0.2, 0) is 0 Å². The van der Waals surface area contributed by atoms with Gasteiger partial charge in [0.15, 0.2) is 17.8 Å². The van der Waals surface area contributed by atoms with Crippen LogP contribution in [0.3, 0.4) is 0 Å². The summed E-state index contributed by atoms with van der Waals surface area (Å²) in [4.78, 5) is 10.4. The predicted molar refractivity (Wildman–Crippen MR) is 47.7 cm³/mol. The van der Waals surface area contributed by atoms with E-state index >= 15 is 0 Å². The van der Waals surface area contributed by atoms with Crippen LogP contribution in [0.25, 0.3) is 0 Å². The first-order chi connectivity index (χ1) is 5.69. The molecular weight excluding hydrogens is 224 g/mol. The lowest BCUT2D eigenvalue weighted by Crippen LogP contribution is -1.88. The number of halogens is 1. The molecule has 0 radical (unpaired) electrons. The van der Waals surface area contributed by atoms with Gasteiger partial charge in [-0.3, -0.25) is 4.79 Å². The van der Waals surface area contributed by atoms with Crippen LogP contribution >= 0.6 is 15.9 Å². The van der Waals surface area contributed by atoms with Gasteiger partial charge < -0.3 is 9.84 Å². The molecule has 0 aliphatic rings. The highest BCUT2D eigenvalue weighted by Gasteiger charge is 2.06. The van der Waals surface area contributed by atoms with Crippen molar-refractivity contribution in [2.24, 2.45) is 0 Å². The molecule has 12 heavy (non-hydrogen) atoms. The molecule has 3 nitrogen and oxygen atoms in total. The Morgan fingerprint density at radius 3 is 2.75 bits per heavy atom. The number of phenols is 1. The summed E-state index contributed by atoms with van der Waals surface area (Å²) in [7, 11) is 1.43. The van der Waals surface area contributed by atoms with Crippen LogP contribution in [0.4, 0.5) is 0 Å². The van der Waals surface area contributed by atoms with E-state index in [0.717, 1.165) is 0 Å². The van der Waals surface area contributed by atoms with Crippen LogP contribution in [0.1, 0.15) is 10.4 Å². The Morgan fingerprint density at radius 2 is 2.25 bits per heavy atom. The Bertz CT molecular complexity index is 309. The van der Waals surface area contributed by atoms with E-state index in [2.05, 4.69) is 15.9 Å². The first-order valence-corrected chi connectivity index (χ1v) is 4.00. The van der Waals surface area contributed by atoms with E-state index in [4.69, 9.17) is 4.74 Å². The van der Waals surface area contributed by atoms with Gasteiger partial charge in [-0.1, -0.05) is 0 Å². The highest BCUT2D eigenvalue weighted by atomic mass is 79.9. The molecule has 1 aromatic rings. The molecule has 64 valence electrons. The lowest BCUT2D eigenvalue weighted by atomic mass is 10.2. The number of aldehydes is 1. The monoisotopic (exact) mass is 230 g/mol. The van der Waals surface area contributed by atoms with E-state index in [1.807, 2.05) is 0 Å². The van der Waals surface area contributed by atoms with Crippen LogP contribution in [-0.4, -0.2) is 18.5 Å². The normalized spacial score (nSPS) is 9.50. The zero-order valence-electron chi connectivity index (χ0n) is 6.37. The van der Waals surface area contributed by atoms with Gasteiger partial charge >= 0.3 is 0 Å². The molecule has 0 saturated heterocycles. The number of hydrogen-bond acceptors (Lipinski definition) is 3. The maximum absolute atomic E-state index is 10.4. The fourth-order valence-electron chi connectivity index (χ4n) is 0.812. The fourth-order valence-corrected chi connectivity index (χ4v) is 1.24. The fraction of sp³-hybridized carbons (Fsp3) is 0.125. The maximum Gasteiger partial charge on any atom is 0.161 e. The number of aromatic hydroxyl groups is 1. The van der Waals surface area contributed by atoms with Crippen LogP contribution in [0, 0.1) is 0 Å². The van der Waals surface area contributed by atoms with Crippen LogP contribution < -0.4 is 4.74 Å². The van der Waals surface area contributed by atoms with Crippen LogP contribution in [0.2, 0.25) is 0 Å². The van der Waals surface area contributed by atoms with Crippen molar-refractivity contribution in [2.75, 3.05) is 7.11 Å². The average Bonchev–Trinajstić information content (AvgIpc) is 2.05. The number of methoxy groups -OCH3 is 1. The van der Waals surface area contributed by atoms with Gasteiger partial charge in [0.2, 0.25) is 0 Å². The highest BCUT2D eigenvalue weighted by Crippen LogP contribution is 2.31. The SMILES string of the molecule is COc1cc(C=O)c(Br)cc1O. The molecule has 0 saturated carbocycles. The van der Waals surface area contributed by atoms with Crippen LogP contribution in [0.15, 0.2) is 16.6 Å². The molecule has 0 bridgehead atoms. The Kier molecular flexibility index (Phi) is 2.70. The molecule has 0 aliphatic heterocycles. The molecule has 0 amide bonds. The van der Waals surface area contributed by atoms with E-state index in [0.29, 0.717) is 22.1 Å². The van der Waals surface area contributed by atoms with Gasteiger partial charge in [-0.05, 0) is 28.1 Å². The van der Waals surface area contributed by atoms with E-state index in [9.17, 15) is 9.90 Å². The van der Waals surface area contributed by atoms with Crippen molar-refractivity contribution in [3.8, 4) is 11.5 Å². The molecule has 0 unspecified atom stereocenters. The van der Waals surface area contributed by atoms with Crippen LogP contribution in [0.5, 0.6) is 11.5 Å². The molecule has 0 aromatic heterocycles. The molecule has 0 heterocycles. The minimum Gasteiger partial charge on any atom is -0.504 e. The number of carbonyl (C=O) groups is 1. The standard InChI is InChI=1S/C8H7BrO3/c1-12-8-2-5(4-10)6(9)3-7(8)11/h2-4,11H,1H3. The van der Waals surface area contributed by atoms with Gasteiger partial charge in [-0.25, -0.2) is 0 Å². The molecule has 4 heteroatoms. The molecule has 1 N–H and O–H groups in total. The first-order valence-electron chi connectivity index (χ1n) is 3.20. The van der Waals surface area contributed by atoms with Crippen molar-refractivity contribution in [1.29, 1.82) is 0 Å². The number of benzene rings is 1. The van der Waals surface area contributed by atoms with Gasteiger partial charge in [-0.2, -0.15) is 0 Å². The zero-order valence-corrected chi connectivity index (χ0v) is 7.96. The number of hydrogen-bond donors (Lipinski definition) is 1. The summed E-state index contributed by atoms with van der Waals surface area (Å²) in [5.74, 6) is 0.301. The predicted octanol–water partition coefficient (Wildman–Crippen LogP) is 1.98. The summed E-state index contributed by atoms with van der Waals surface area (Å²) in [6.07, 6.45) is 0.687. The summed E-state index contributed by atoms with van der Waals surface area (Å²) in [5.41, 5.74) is 0.449. The Morgan fingerprint density at radius 1 is 1.58 bits per heavy atom. The van der Waals surface area contributed by atoms with Crippen molar-refractivity contribution < 1.29 is 14.6 Å². The third-order valence-corrected chi connectivity index (χ3v) is 2.11. The molecule has 1 aromatic carbocycles.